The molecule has 2 N–H and O–H groups in total. The first-order chi connectivity index (χ1) is 14.3. The Bertz CT molecular complexity index is 978. The predicted octanol–water partition coefficient (Wildman–Crippen LogP) is 2.73. The van der Waals surface area contributed by atoms with E-state index in [4.69, 9.17) is 9.15 Å². The third kappa shape index (κ3) is 5.46. The van der Waals surface area contributed by atoms with Gasteiger partial charge in [0.2, 0.25) is 10.0 Å². The van der Waals surface area contributed by atoms with Crippen molar-refractivity contribution in [1.82, 2.24) is 14.9 Å². The highest BCUT2D eigenvalue weighted by Gasteiger charge is 2.25. The first-order valence-corrected chi connectivity index (χ1v) is 12.2. The van der Waals surface area contributed by atoms with Crippen molar-refractivity contribution in [2.24, 2.45) is 10.9 Å². The summed E-state index contributed by atoms with van der Waals surface area (Å²) in [4.78, 5) is 4.31. The van der Waals surface area contributed by atoms with E-state index in [0.717, 1.165) is 41.9 Å². The number of hydrogen-bond acceptors (Lipinski definition) is 5. The summed E-state index contributed by atoms with van der Waals surface area (Å²) in [7, 11) is -1.36. The average molecular weight is 437 g/mol. The Morgan fingerprint density at radius 2 is 2.10 bits per heavy atom. The predicted molar refractivity (Wildman–Crippen MR) is 119 cm³/mol. The van der Waals surface area contributed by atoms with E-state index in [1.165, 1.54) is 6.26 Å². The molecule has 1 aliphatic rings. The Labute approximate surface area is 178 Å². The van der Waals surface area contributed by atoms with Crippen LogP contribution in [0.5, 0.6) is 5.75 Å². The monoisotopic (exact) mass is 436 g/mol. The van der Waals surface area contributed by atoms with Crippen molar-refractivity contribution in [3.05, 3.63) is 30.0 Å². The number of guanidine groups is 1. The molecule has 2 aromatic rings. The van der Waals surface area contributed by atoms with Gasteiger partial charge in [-0.1, -0.05) is 12.1 Å². The van der Waals surface area contributed by atoms with E-state index in [0.29, 0.717) is 31.6 Å². The van der Waals surface area contributed by atoms with Crippen molar-refractivity contribution in [2.45, 2.75) is 32.7 Å². The van der Waals surface area contributed by atoms with Crippen LogP contribution in [-0.2, 0) is 10.0 Å². The molecule has 0 saturated carbocycles. The smallest absolute Gasteiger partial charge is 0.211 e. The molecule has 1 aromatic heterocycles. The first kappa shape index (κ1) is 22.4. The lowest BCUT2D eigenvalue weighted by Gasteiger charge is -2.30. The number of ether oxygens (including phenoxy) is 1. The number of nitrogens with zero attached hydrogens (tertiary/aromatic N) is 2. The van der Waals surface area contributed by atoms with Crippen LogP contribution in [0.2, 0.25) is 0 Å². The number of para-hydroxylation sites is 1. The van der Waals surface area contributed by atoms with Crippen LogP contribution in [-0.4, -0.2) is 58.2 Å². The summed E-state index contributed by atoms with van der Waals surface area (Å²) in [5.41, 5.74) is 0.753. The number of nitrogens with one attached hydrogen (secondary N) is 2. The topological polar surface area (TPSA) is 96.2 Å². The standard InChI is InChI=1S/C21H32N4O4S/c1-5-28-18-8-6-7-17-13-19(29-20(17)18)15(2)24-21(22-3)23-14-16-9-11-25(12-10-16)30(4,26)27/h6-8,13,15-16H,5,9-12,14H2,1-4H3,(H2,22,23,24). The number of rotatable bonds is 7. The van der Waals surface area contributed by atoms with Gasteiger partial charge in [-0.3, -0.25) is 4.99 Å². The van der Waals surface area contributed by atoms with E-state index >= 15 is 0 Å². The Kier molecular flexibility index (Phi) is 7.25. The highest BCUT2D eigenvalue weighted by molar-refractivity contribution is 7.88. The van der Waals surface area contributed by atoms with Gasteiger partial charge in [-0.15, -0.1) is 0 Å². The quantitative estimate of drug-likeness (QED) is 0.512. The lowest BCUT2D eigenvalue weighted by Crippen LogP contribution is -2.44. The molecule has 0 radical (unpaired) electrons. The van der Waals surface area contributed by atoms with Gasteiger partial charge < -0.3 is 19.8 Å². The van der Waals surface area contributed by atoms with Crippen molar-refractivity contribution in [3.8, 4) is 5.75 Å². The van der Waals surface area contributed by atoms with Crippen molar-refractivity contribution in [2.75, 3.05) is 39.5 Å². The second kappa shape index (κ2) is 9.70. The molecule has 1 saturated heterocycles. The van der Waals surface area contributed by atoms with Crippen LogP contribution in [0.15, 0.2) is 33.7 Å². The average Bonchev–Trinajstić information content (AvgIpc) is 3.16. The molecule has 9 heteroatoms. The maximum absolute atomic E-state index is 11.6. The van der Waals surface area contributed by atoms with Crippen LogP contribution >= 0.6 is 0 Å². The second-order valence-corrected chi connectivity index (χ2v) is 9.66. The fourth-order valence-corrected chi connectivity index (χ4v) is 4.57. The van der Waals surface area contributed by atoms with E-state index in [1.54, 1.807) is 11.4 Å². The Balaban J connectivity index is 1.56. The minimum Gasteiger partial charge on any atom is -0.490 e. The molecule has 0 bridgehead atoms. The summed E-state index contributed by atoms with van der Waals surface area (Å²) in [5.74, 6) is 2.66. The lowest BCUT2D eigenvalue weighted by molar-refractivity contribution is 0.274. The van der Waals surface area contributed by atoms with Crippen LogP contribution in [0.1, 0.15) is 38.5 Å². The summed E-state index contributed by atoms with van der Waals surface area (Å²) in [6.07, 6.45) is 2.96. The maximum atomic E-state index is 11.6. The molecule has 30 heavy (non-hydrogen) atoms. The molecule has 3 rings (SSSR count). The highest BCUT2D eigenvalue weighted by Crippen LogP contribution is 2.31. The lowest BCUT2D eigenvalue weighted by atomic mass is 9.98. The second-order valence-electron chi connectivity index (χ2n) is 7.68. The van der Waals surface area contributed by atoms with E-state index in [2.05, 4.69) is 15.6 Å². The summed E-state index contributed by atoms with van der Waals surface area (Å²) < 4.78 is 36.6. The molecular weight excluding hydrogens is 404 g/mol. The molecule has 0 spiro atoms. The third-order valence-electron chi connectivity index (χ3n) is 5.43. The molecule has 8 nitrogen and oxygen atoms in total. The van der Waals surface area contributed by atoms with Gasteiger partial charge in [-0.25, -0.2) is 12.7 Å². The van der Waals surface area contributed by atoms with Gasteiger partial charge >= 0.3 is 0 Å². The molecule has 0 aliphatic carbocycles. The normalized spacial score (nSPS) is 17.8. The van der Waals surface area contributed by atoms with Crippen molar-refractivity contribution in [1.29, 1.82) is 0 Å². The van der Waals surface area contributed by atoms with E-state index < -0.39 is 10.0 Å². The zero-order chi connectivity index (χ0) is 21.7. The molecule has 2 heterocycles. The molecule has 1 unspecified atom stereocenters. The molecule has 1 fully saturated rings. The molecular formula is C21H32N4O4S. The number of hydrogen-bond donors (Lipinski definition) is 2. The Morgan fingerprint density at radius 3 is 2.73 bits per heavy atom. The van der Waals surface area contributed by atoms with Crippen LogP contribution in [0.25, 0.3) is 11.0 Å². The van der Waals surface area contributed by atoms with Crippen molar-refractivity contribution in [3.63, 3.8) is 0 Å². The summed E-state index contributed by atoms with van der Waals surface area (Å²) in [5, 5.41) is 7.73. The van der Waals surface area contributed by atoms with Crippen LogP contribution < -0.4 is 15.4 Å². The van der Waals surface area contributed by atoms with E-state index in [9.17, 15) is 8.42 Å². The van der Waals surface area contributed by atoms with Crippen LogP contribution in [0, 0.1) is 5.92 Å². The van der Waals surface area contributed by atoms with Crippen LogP contribution in [0.4, 0.5) is 0 Å². The number of piperidine rings is 1. The van der Waals surface area contributed by atoms with Crippen molar-refractivity contribution >= 4 is 27.0 Å². The van der Waals surface area contributed by atoms with Gasteiger partial charge in [0.05, 0.1) is 18.9 Å². The fourth-order valence-electron chi connectivity index (χ4n) is 3.70. The summed E-state index contributed by atoms with van der Waals surface area (Å²) >= 11 is 0. The van der Waals surface area contributed by atoms with Crippen LogP contribution in [0.3, 0.4) is 0 Å². The molecule has 1 atom stereocenters. The minimum absolute atomic E-state index is 0.0786. The number of sulfonamides is 1. The highest BCUT2D eigenvalue weighted by atomic mass is 32.2. The van der Waals surface area contributed by atoms with Gasteiger partial charge in [0, 0.05) is 32.1 Å². The molecule has 1 aliphatic heterocycles. The Hall–Kier alpha value is -2.26. The fraction of sp³-hybridized carbons (Fsp3) is 0.571. The number of furan rings is 1. The minimum atomic E-state index is -3.09. The number of benzene rings is 1. The van der Waals surface area contributed by atoms with Gasteiger partial charge in [0.15, 0.2) is 17.3 Å². The SMILES string of the molecule is CCOc1cccc2cc(C(C)NC(=NC)NCC3CCN(S(C)(=O)=O)CC3)oc12. The largest absolute Gasteiger partial charge is 0.490 e. The molecule has 0 amide bonds. The zero-order valence-electron chi connectivity index (χ0n) is 18.1. The Morgan fingerprint density at radius 1 is 1.37 bits per heavy atom. The first-order valence-electron chi connectivity index (χ1n) is 10.4. The van der Waals surface area contributed by atoms with E-state index in [-0.39, 0.29) is 6.04 Å². The summed E-state index contributed by atoms with van der Waals surface area (Å²) in [6.45, 7) is 6.47. The number of fused-ring (bicyclic) bond motifs is 1. The maximum Gasteiger partial charge on any atom is 0.211 e. The number of aliphatic imine (C=N–C) groups is 1. The van der Waals surface area contributed by atoms with Crippen molar-refractivity contribution < 1.29 is 17.6 Å². The summed E-state index contributed by atoms with van der Waals surface area (Å²) in [6, 6.07) is 7.81. The van der Waals surface area contributed by atoms with Gasteiger partial charge in [-0.05, 0) is 44.7 Å². The van der Waals surface area contributed by atoms with Gasteiger partial charge in [0.25, 0.3) is 0 Å². The zero-order valence-corrected chi connectivity index (χ0v) is 19.0. The van der Waals surface area contributed by atoms with E-state index in [1.807, 2.05) is 38.1 Å². The van der Waals surface area contributed by atoms with Gasteiger partial charge in [-0.2, -0.15) is 0 Å². The third-order valence-corrected chi connectivity index (χ3v) is 6.73. The van der Waals surface area contributed by atoms with Gasteiger partial charge in [0.1, 0.15) is 5.76 Å². The molecule has 166 valence electrons. The molecule has 1 aromatic carbocycles.